The fourth-order valence-electron chi connectivity index (χ4n) is 2.36. The molecule has 2 aliphatic rings. The molecule has 2 heterocycles. The van der Waals surface area contributed by atoms with Gasteiger partial charge in [0.05, 0.1) is 11.1 Å². The van der Waals surface area contributed by atoms with Crippen molar-refractivity contribution in [3.8, 4) is 0 Å². The molecule has 0 aromatic carbocycles. The molecule has 0 spiro atoms. The fraction of sp³-hybridized carbons (Fsp3) is 0.429. The third kappa shape index (κ3) is 2.10. The molecule has 2 N–H and O–H groups in total. The highest BCUT2D eigenvalue weighted by molar-refractivity contribution is 6.19. The molecule has 96 valence electrons. The smallest absolute Gasteiger partial charge is 0.258 e. The van der Waals surface area contributed by atoms with Gasteiger partial charge in [0.2, 0.25) is 0 Å². The molecule has 0 saturated carbocycles. The summed E-state index contributed by atoms with van der Waals surface area (Å²) in [6, 6.07) is 0. The van der Waals surface area contributed by atoms with Gasteiger partial charge in [-0.1, -0.05) is 25.8 Å². The average molecular weight is 246 g/mol. The van der Waals surface area contributed by atoms with Crippen molar-refractivity contribution in [2.24, 2.45) is 0 Å². The van der Waals surface area contributed by atoms with Crippen molar-refractivity contribution in [2.75, 3.05) is 0 Å². The molecule has 0 aromatic rings. The maximum absolute atomic E-state index is 11.9. The molecule has 0 aliphatic carbocycles. The van der Waals surface area contributed by atoms with Crippen LogP contribution in [0.4, 0.5) is 0 Å². The first kappa shape index (κ1) is 12.6. The van der Waals surface area contributed by atoms with Crippen LogP contribution in [0.2, 0.25) is 0 Å². The lowest BCUT2D eigenvalue weighted by Crippen LogP contribution is -2.22. The molecule has 4 nitrogen and oxygen atoms in total. The minimum Gasteiger partial charge on any atom is -0.325 e. The van der Waals surface area contributed by atoms with Crippen molar-refractivity contribution in [3.05, 3.63) is 35.2 Å². The van der Waals surface area contributed by atoms with Gasteiger partial charge in [-0.2, -0.15) is 0 Å². The lowest BCUT2D eigenvalue weighted by molar-refractivity contribution is -0.117. The number of nitrogens with one attached hydrogen (secondary N) is 2. The molecule has 2 rings (SSSR count). The van der Waals surface area contributed by atoms with Crippen LogP contribution in [0.3, 0.4) is 0 Å². The van der Waals surface area contributed by atoms with E-state index in [1.54, 1.807) is 6.08 Å². The van der Waals surface area contributed by atoms with E-state index in [-0.39, 0.29) is 11.8 Å². The summed E-state index contributed by atoms with van der Waals surface area (Å²) in [7, 11) is 0. The lowest BCUT2D eigenvalue weighted by atomic mass is 10.0. The van der Waals surface area contributed by atoms with Crippen molar-refractivity contribution >= 4 is 11.8 Å². The van der Waals surface area contributed by atoms with Crippen molar-refractivity contribution in [2.45, 2.75) is 39.0 Å². The van der Waals surface area contributed by atoms with Crippen LogP contribution in [-0.4, -0.2) is 11.8 Å². The number of unbranched alkanes of at least 4 members (excludes halogenated alkanes) is 2. The van der Waals surface area contributed by atoms with Gasteiger partial charge in [-0.25, -0.2) is 0 Å². The summed E-state index contributed by atoms with van der Waals surface area (Å²) in [4.78, 5) is 23.8. The van der Waals surface area contributed by atoms with E-state index >= 15 is 0 Å². The number of fused-ring (bicyclic) bond motifs is 1. The molecular formula is C14H18N2O2. The van der Waals surface area contributed by atoms with E-state index in [0.29, 0.717) is 23.3 Å². The van der Waals surface area contributed by atoms with Crippen LogP contribution in [0, 0.1) is 0 Å². The van der Waals surface area contributed by atoms with Gasteiger partial charge >= 0.3 is 0 Å². The molecule has 0 fully saturated rings. The summed E-state index contributed by atoms with van der Waals surface area (Å²) in [5.41, 5.74) is 2.52. The Bertz CT molecular complexity index is 472. The van der Waals surface area contributed by atoms with Crippen LogP contribution in [0.5, 0.6) is 0 Å². The van der Waals surface area contributed by atoms with Crippen molar-refractivity contribution in [1.29, 1.82) is 0 Å². The van der Waals surface area contributed by atoms with E-state index in [4.69, 9.17) is 0 Å². The first-order valence-corrected chi connectivity index (χ1v) is 6.39. The van der Waals surface area contributed by atoms with Gasteiger partial charge in [-0.15, -0.1) is 6.58 Å². The summed E-state index contributed by atoms with van der Waals surface area (Å²) in [6.07, 6.45) is 6.17. The van der Waals surface area contributed by atoms with Crippen LogP contribution in [-0.2, 0) is 9.59 Å². The maximum Gasteiger partial charge on any atom is 0.258 e. The number of hydrogen-bond acceptors (Lipinski definition) is 2. The Morgan fingerprint density at radius 3 is 2.28 bits per heavy atom. The summed E-state index contributed by atoms with van der Waals surface area (Å²) >= 11 is 0. The van der Waals surface area contributed by atoms with E-state index in [0.717, 1.165) is 31.4 Å². The highest BCUT2D eigenvalue weighted by Gasteiger charge is 2.38. The van der Waals surface area contributed by atoms with Crippen LogP contribution < -0.4 is 10.6 Å². The summed E-state index contributed by atoms with van der Waals surface area (Å²) in [5, 5.41) is 5.58. The number of amides is 2. The second-order valence-electron chi connectivity index (χ2n) is 4.57. The molecule has 0 saturated heterocycles. The van der Waals surface area contributed by atoms with E-state index in [1.165, 1.54) is 0 Å². The second kappa shape index (κ2) is 5.21. The van der Waals surface area contributed by atoms with Crippen molar-refractivity contribution < 1.29 is 9.59 Å². The third-order valence-electron chi connectivity index (χ3n) is 3.22. The Hall–Kier alpha value is -1.84. The SMILES string of the molecule is C=CCC1=C2C(=O)NC(CCCCC)=C2C(=O)N1. The van der Waals surface area contributed by atoms with Gasteiger partial charge in [-0.05, 0) is 12.8 Å². The Kier molecular flexibility index (Phi) is 3.65. The van der Waals surface area contributed by atoms with Crippen LogP contribution >= 0.6 is 0 Å². The van der Waals surface area contributed by atoms with Crippen LogP contribution in [0.1, 0.15) is 39.0 Å². The Labute approximate surface area is 107 Å². The first-order chi connectivity index (χ1) is 8.69. The number of allylic oxidation sites excluding steroid dienone is 2. The zero-order chi connectivity index (χ0) is 13.1. The van der Waals surface area contributed by atoms with Gasteiger partial charge in [0.1, 0.15) is 0 Å². The Balaban J connectivity index is 2.25. The van der Waals surface area contributed by atoms with E-state index in [1.807, 2.05) is 0 Å². The van der Waals surface area contributed by atoms with Gasteiger partial charge in [0, 0.05) is 17.8 Å². The number of rotatable bonds is 6. The zero-order valence-electron chi connectivity index (χ0n) is 10.6. The highest BCUT2D eigenvalue weighted by atomic mass is 16.2. The lowest BCUT2D eigenvalue weighted by Gasteiger charge is -2.05. The first-order valence-electron chi connectivity index (χ1n) is 6.39. The number of carbonyl (C=O) groups excluding carboxylic acids is 2. The van der Waals surface area contributed by atoms with Gasteiger partial charge < -0.3 is 10.6 Å². The molecule has 4 heteroatoms. The molecule has 0 bridgehead atoms. The molecule has 2 amide bonds. The second-order valence-corrected chi connectivity index (χ2v) is 4.57. The van der Waals surface area contributed by atoms with Gasteiger partial charge in [0.15, 0.2) is 0 Å². The predicted molar refractivity (Wildman–Crippen MR) is 69.3 cm³/mol. The number of hydrogen-bond donors (Lipinski definition) is 2. The molecule has 0 aromatic heterocycles. The molecule has 0 atom stereocenters. The molecule has 0 radical (unpaired) electrons. The Morgan fingerprint density at radius 1 is 1.06 bits per heavy atom. The van der Waals surface area contributed by atoms with E-state index < -0.39 is 0 Å². The minimum absolute atomic E-state index is 0.160. The highest BCUT2D eigenvalue weighted by Crippen LogP contribution is 2.32. The quantitative estimate of drug-likeness (QED) is 0.555. The standard InChI is InChI=1S/C14H18N2O2/c1-3-5-6-8-10-12-11(13(17)16-10)9(7-4-2)15-14(12)18/h4H,2-3,5-8H2,1H3,(H,15,18)(H,16,17). The normalized spacial score (nSPS) is 18.1. The van der Waals surface area contributed by atoms with Crippen molar-refractivity contribution in [3.63, 3.8) is 0 Å². The van der Waals surface area contributed by atoms with Crippen LogP contribution in [0.15, 0.2) is 35.2 Å². The predicted octanol–water partition coefficient (Wildman–Crippen LogP) is 1.91. The van der Waals surface area contributed by atoms with E-state index in [9.17, 15) is 9.59 Å². The number of carbonyl (C=O) groups is 2. The zero-order valence-corrected chi connectivity index (χ0v) is 10.6. The minimum atomic E-state index is -0.160. The molecule has 2 aliphatic heterocycles. The third-order valence-corrected chi connectivity index (χ3v) is 3.22. The maximum atomic E-state index is 11.9. The van der Waals surface area contributed by atoms with E-state index in [2.05, 4.69) is 24.1 Å². The summed E-state index contributed by atoms with van der Waals surface area (Å²) in [6.45, 7) is 5.76. The molecule has 0 unspecified atom stereocenters. The summed E-state index contributed by atoms with van der Waals surface area (Å²) in [5.74, 6) is -0.321. The molecular weight excluding hydrogens is 228 g/mol. The monoisotopic (exact) mass is 246 g/mol. The fourth-order valence-corrected chi connectivity index (χ4v) is 2.36. The topological polar surface area (TPSA) is 58.2 Å². The Morgan fingerprint density at radius 2 is 1.67 bits per heavy atom. The van der Waals surface area contributed by atoms with Gasteiger partial charge in [-0.3, -0.25) is 9.59 Å². The summed E-state index contributed by atoms with van der Waals surface area (Å²) < 4.78 is 0. The van der Waals surface area contributed by atoms with Crippen molar-refractivity contribution in [1.82, 2.24) is 10.6 Å². The molecule has 18 heavy (non-hydrogen) atoms. The van der Waals surface area contributed by atoms with Crippen LogP contribution in [0.25, 0.3) is 0 Å². The largest absolute Gasteiger partial charge is 0.325 e. The average Bonchev–Trinajstić information content (AvgIpc) is 2.82. The van der Waals surface area contributed by atoms with Gasteiger partial charge in [0.25, 0.3) is 11.8 Å².